The summed E-state index contributed by atoms with van der Waals surface area (Å²) in [6.45, 7) is 4.23. The second-order valence-electron chi connectivity index (χ2n) is 3.55. The van der Waals surface area contributed by atoms with Crippen molar-refractivity contribution >= 4 is 0 Å². The van der Waals surface area contributed by atoms with Gasteiger partial charge in [0, 0.05) is 13.1 Å². The molecule has 0 bridgehead atoms. The SMILES string of the molecule is CNCC(O)CCN1CCCC1. The third kappa shape index (κ3) is 3.52. The fraction of sp³-hybridized carbons (Fsp3) is 1.00. The Labute approximate surface area is 74.8 Å². The van der Waals surface area contributed by atoms with Crippen molar-refractivity contribution in [3.05, 3.63) is 0 Å². The number of likely N-dealkylation sites (tertiary alicyclic amines) is 1. The van der Waals surface area contributed by atoms with Crippen molar-refractivity contribution in [1.29, 1.82) is 0 Å². The van der Waals surface area contributed by atoms with Gasteiger partial charge >= 0.3 is 0 Å². The summed E-state index contributed by atoms with van der Waals surface area (Å²) in [5.41, 5.74) is 0. The first-order valence-corrected chi connectivity index (χ1v) is 4.88. The van der Waals surface area contributed by atoms with Crippen LogP contribution in [0.5, 0.6) is 0 Å². The van der Waals surface area contributed by atoms with E-state index in [1.165, 1.54) is 25.9 Å². The van der Waals surface area contributed by atoms with Crippen molar-refractivity contribution in [2.45, 2.75) is 25.4 Å². The molecule has 1 fully saturated rings. The summed E-state index contributed by atoms with van der Waals surface area (Å²) in [6, 6.07) is 0. The van der Waals surface area contributed by atoms with Crippen molar-refractivity contribution in [3.8, 4) is 0 Å². The van der Waals surface area contributed by atoms with Crippen LogP contribution in [-0.4, -0.2) is 49.3 Å². The van der Waals surface area contributed by atoms with Crippen LogP contribution in [0.2, 0.25) is 0 Å². The molecule has 1 atom stereocenters. The molecule has 0 saturated carbocycles. The van der Waals surface area contributed by atoms with Crippen LogP contribution in [-0.2, 0) is 0 Å². The number of aliphatic hydroxyl groups is 1. The molecule has 12 heavy (non-hydrogen) atoms. The molecule has 1 unspecified atom stereocenters. The van der Waals surface area contributed by atoms with Gasteiger partial charge in [-0.2, -0.15) is 0 Å². The van der Waals surface area contributed by atoms with Gasteiger partial charge in [-0.1, -0.05) is 0 Å². The van der Waals surface area contributed by atoms with Gasteiger partial charge in [0.1, 0.15) is 0 Å². The molecule has 1 aliphatic heterocycles. The standard InChI is InChI=1S/C9H20N2O/c1-10-8-9(12)4-7-11-5-2-3-6-11/h9-10,12H,2-8H2,1H3. The number of aliphatic hydroxyl groups excluding tert-OH is 1. The molecule has 0 aromatic rings. The minimum atomic E-state index is -0.171. The predicted octanol–water partition coefficient (Wildman–Crippen LogP) is 0.0526. The lowest BCUT2D eigenvalue weighted by atomic mass is 10.2. The van der Waals surface area contributed by atoms with E-state index in [-0.39, 0.29) is 6.10 Å². The molecule has 3 heteroatoms. The van der Waals surface area contributed by atoms with Crippen LogP contribution < -0.4 is 5.32 Å². The summed E-state index contributed by atoms with van der Waals surface area (Å²) in [5.74, 6) is 0. The molecule has 0 aromatic carbocycles. The summed E-state index contributed by atoms with van der Waals surface area (Å²) >= 11 is 0. The Morgan fingerprint density at radius 1 is 1.42 bits per heavy atom. The maximum atomic E-state index is 9.42. The summed E-state index contributed by atoms with van der Waals surface area (Å²) in [5, 5.41) is 12.4. The molecule has 72 valence electrons. The van der Waals surface area contributed by atoms with E-state index in [1.54, 1.807) is 0 Å². The minimum Gasteiger partial charge on any atom is -0.392 e. The lowest BCUT2D eigenvalue weighted by Crippen LogP contribution is -2.29. The third-order valence-corrected chi connectivity index (χ3v) is 2.42. The molecule has 0 radical (unpaired) electrons. The van der Waals surface area contributed by atoms with Gasteiger partial charge in [-0.15, -0.1) is 0 Å². The summed E-state index contributed by atoms with van der Waals surface area (Å²) in [4.78, 5) is 2.43. The van der Waals surface area contributed by atoms with E-state index >= 15 is 0 Å². The molecule has 1 saturated heterocycles. The van der Waals surface area contributed by atoms with E-state index in [9.17, 15) is 5.11 Å². The van der Waals surface area contributed by atoms with Gasteiger partial charge in [-0.3, -0.25) is 0 Å². The molecule has 1 aliphatic rings. The summed E-state index contributed by atoms with van der Waals surface area (Å²) in [6.07, 6.45) is 3.40. The maximum absolute atomic E-state index is 9.42. The molecule has 0 aromatic heterocycles. The van der Waals surface area contributed by atoms with Gasteiger partial charge in [0.15, 0.2) is 0 Å². The quantitative estimate of drug-likeness (QED) is 0.615. The molecule has 0 aliphatic carbocycles. The van der Waals surface area contributed by atoms with Crippen LogP contribution in [0.3, 0.4) is 0 Å². The van der Waals surface area contributed by atoms with Crippen LogP contribution in [0.25, 0.3) is 0 Å². The summed E-state index contributed by atoms with van der Waals surface area (Å²) in [7, 11) is 1.87. The fourth-order valence-corrected chi connectivity index (χ4v) is 1.68. The Bertz CT molecular complexity index is 113. The van der Waals surface area contributed by atoms with Crippen LogP contribution in [0.15, 0.2) is 0 Å². The topological polar surface area (TPSA) is 35.5 Å². The van der Waals surface area contributed by atoms with Crippen LogP contribution in [0.1, 0.15) is 19.3 Å². The largest absolute Gasteiger partial charge is 0.392 e. The van der Waals surface area contributed by atoms with E-state index in [0.29, 0.717) is 6.54 Å². The third-order valence-electron chi connectivity index (χ3n) is 2.42. The van der Waals surface area contributed by atoms with Gasteiger partial charge < -0.3 is 15.3 Å². The second kappa shape index (κ2) is 5.51. The lowest BCUT2D eigenvalue weighted by Gasteiger charge is -2.16. The first-order valence-electron chi connectivity index (χ1n) is 4.88. The molecular formula is C9H20N2O. The van der Waals surface area contributed by atoms with E-state index in [1.807, 2.05) is 7.05 Å². The summed E-state index contributed by atoms with van der Waals surface area (Å²) < 4.78 is 0. The zero-order chi connectivity index (χ0) is 8.81. The van der Waals surface area contributed by atoms with Gasteiger partial charge in [-0.05, 0) is 39.4 Å². The average molecular weight is 172 g/mol. The van der Waals surface area contributed by atoms with E-state index < -0.39 is 0 Å². The minimum absolute atomic E-state index is 0.171. The average Bonchev–Trinajstić information content (AvgIpc) is 2.53. The highest BCUT2D eigenvalue weighted by Crippen LogP contribution is 2.07. The zero-order valence-electron chi connectivity index (χ0n) is 7.92. The highest BCUT2D eigenvalue weighted by atomic mass is 16.3. The molecule has 1 rings (SSSR count). The smallest absolute Gasteiger partial charge is 0.0676 e. The first kappa shape index (κ1) is 9.96. The van der Waals surface area contributed by atoms with Crippen molar-refractivity contribution in [2.24, 2.45) is 0 Å². The molecule has 2 N–H and O–H groups in total. The first-order chi connectivity index (χ1) is 5.83. The van der Waals surface area contributed by atoms with E-state index in [0.717, 1.165) is 13.0 Å². The molecule has 0 spiro atoms. The fourth-order valence-electron chi connectivity index (χ4n) is 1.68. The normalized spacial score (nSPS) is 21.5. The van der Waals surface area contributed by atoms with Gasteiger partial charge in [0.05, 0.1) is 6.10 Å². The number of nitrogens with zero attached hydrogens (tertiary/aromatic N) is 1. The number of likely N-dealkylation sites (N-methyl/N-ethyl adjacent to an activating group) is 1. The highest BCUT2D eigenvalue weighted by molar-refractivity contribution is 4.68. The Morgan fingerprint density at radius 3 is 2.67 bits per heavy atom. The van der Waals surface area contributed by atoms with Crippen molar-refractivity contribution in [1.82, 2.24) is 10.2 Å². The second-order valence-corrected chi connectivity index (χ2v) is 3.55. The zero-order valence-corrected chi connectivity index (χ0v) is 7.92. The van der Waals surface area contributed by atoms with Crippen molar-refractivity contribution in [2.75, 3.05) is 33.2 Å². The monoisotopic (exact) mass is 172 g/mol. The Balaban J connectivity index is 1.99. The van der Waals surface area contributed by atoms with Crippen LogP contribution >= 0.6 is 0 Å². The van der Waals surface area contributed by atoms with E-state index in [4.69, 9.17) is 0 Å². The van der Waals surface area contributed by atoms with Gasteiger partial charge in [0.2, 0.25) is 0 Å². The Hall–Kier alpha value is -0.120. The Kier molecular flexibility index (Phi) is 4.58. The van der Waals surface area contributed by atoms with E-state index in [2.05, 4.69) is 10.2 Å². The van der Waals surface area contributed by atoms with Crippen LogP contribution in [0.4, 0.5) is 0 Å². The van der Waals surface area contributed by atoms with Crippen molar-refractivity contribution in [3.63, 3.8) is 0 Å². The van der Waals surface area contributed by atoms with Gasteiger partial charge in [-0.25, -0.2) is 0 Å². The maximum Gasteiger partial charge on any atom is 0.0676 e. The number of rotatable bonds is 5. The molecular weight excluding hydrogens is 152 g/mol. The molecule has 3 nitrogen and oxygen atoms in total. The Morgan fingerprint density at radius 2 is 2.08 bits per heavy atom. The van der Waals surface area contributed by atoms with Gasteiger partial charge in [0.25, 0.3) is 0 Å². The molecule has 1 heterocycles. The lowest BCUT2D eigenvalue weighted by molar-refractivity contribution is 0.147. The number of nitrogens with one attached hydrogen (secondary N) is 1. The number of hydrogen-bond acceptors (Lipinski definition) is 3. The van der Waals surface area contributed by atoms with Crippen molar-refractivity contribution < 1.29 is 5.11 Å². The van der Waals surface area contributed by atoms with Crippen LogP contribution in [0, 0.1) is 0 Å². The predicted molar refractivity (Wildman–Crippen MR) is 50.2 cm³/mol. The molecule has 0 amide bonds. The number of hydrogen-bond donors (Lipinski definition) is 2. The highest BCUT2D eigenvalue weighted by Gasteiger charge is 2.12.